The van der Waals surface area contributed by atoms with Crippen molar-refractivity contribution in [2.45, 2.75) is 26.4 Å². The molecular weight excluding hydrogens is 308 g/mol. The number of anilines is 1. The number of ether oxygens (including phenoxy) is 2. The maximum atomic E-state index is 11.9. The van der Waals surface area contributed by atoms with Crippen molar-refractivity contribution >= 4 is 17.7 Å². The molecule has 6 nitrogen and oxygen atoms in total. The van der Waals surface area contributed by atoms with Gasteiger partial charge in [-0.15, -0.1) is 0 Å². The second kappa shape index (κ2) is 6.78. The number of rotatable bonds is 3. The molecule has 0 saturated carbocycles. The molecular formula is C18H22N2O4. The van der Waals surface area contributed by atoms with Crippen molar-refractivity contribution in [3.8, 4) is 11.1 Å². The predicted molar refractivity (Wildman–Crippen MR) is 92.0 cm³/mol. The van der Waals surface area contributed by atoms with Gasteiger partial charge in [0.1, 0.15) is 11.3 Å². The number of benzene rings is 1. The summed E-state index contributed by atoms with van der Waals surface area (Å²) >= 11 is 0. The number of hydrogen-bond acceptors (Lipinski definition) is 4. The molecule has 0 spiro atoms. The van der Waals surface area contributed by atoms with Gasteiger partial charge in [0.2, 0.25) is 0 Å². The van der Waals surface area contributed by atoms with Crippen LogP contribution in [0, 0.1) is 0 Å². The fraction of sp³-hybridized carbons (Fsp3) is 0.333. The van der Waals surface area contributed by atoms with Crippen LogP contribution in [0.5, 0.6) is 0 Å². The van der Waals surface area contributed by atoms with Gasteiger partial charge in [-0.1, -0.05) is 12.1 Å². The van der Waals surface area contributed by atoms with E-state index >= 15 is 0 Å². The van der Waals surface area contributed by atoms with E-state index < -0.39 is 17.7 Å². The molecule has 0 unspecified atom stereocenters. The minimum atomic E-state index is -0.552. The van der Waals surface area contributed by atoms with Gasteiger partial charge in [0.15, 0.2) is 0 Å². The Hall–Kier alpha value is -2.76. The van der Waals surface area contributed by atoms with Crippen LogP contribution in [0.3, 0.4) is 0 Å². The van der Waals surface area contributed by atoms with E-state index in [1.54, 1.807) is 50.7 Å². The fourth-order valence-corrected chi connectivity index (χ4v) is 2.27. The normalized spacial score (nSPS) is 11.0. The number of nitrogens with zero attached hydrogens (tertiary/aromatic N) is 1. The molecule has 1 aromatic heterocycles. The standard InChI is InChI=1S/C18H22N2O4/c1-18(2,3)24-17(22)19-13-8-6-12(7-9-13)14-10-11-20(4)15(14)16(21)23-5/h6-11H,1-5H3,(H,19,22). The van der Waals surface area contributed by atoms with E-state index in [0.717, 1.165) is 11.1 Å². The first-order valence-electron chi connectivity index (χ1n) is 7.55. The summed E-state index contributed by atoms with van der Waals surface area (Å²) in [6.45, 7) is 5.41. The average molecular weight is 330 g/mol. The lowest BCUT2D eigenvalue weighted by atomic mass is 10.1. The maximum absolute atomic E-state index is 11.9. The molecule has 0 bridgehead atoms. The fourth-order valence-electron chi connectivity index (χ4n) is 2.27. The molecule has 0 aliphatic rings. The van der Waals surface area contributed by atoms with Crippen LogP contribution in [0.1, 0.15) is 31.3 Å². The van der Waals surface area contributed by atoms with E-state index in [9.17, 15) is 9.59 Å². The van der Waals surface area contributed by atoms with Crippen LogP contribution in [0.25, 0.3) is 11.1 Å². The summed E-state index contributed by atoms with van der Waals surface area (Å²) in [5.74, 6) is -0.395. The largest absolute Gasteiger partial charge is 0.464 e. The van der Waals surface area contributed by atoms with Crippen molar-refractivity contribution in [2.24, 2.45) is 7.05 Å². The van der Waals surface area contributed by atoms with Gasteiger partial charge in [0.25, 0.3) is 0 Å². The van der Waals surface area contributed by atoms with Crippen LogP contribution < -0.4 is 5.32 Å². The monoisotopic (exact) mass is 330 g/mol. The Morgan fingerprint density at radius 1 is 1.08 bits per heavy atom. The van der Waals surface area contributed by atoms with Crippen molar-refractivity contribution in [1.29, 1.82) is 0 Å². The second-order valence-corrected chi connectivity index (χ2v) is 6.38. The number of esters is 1. The van der Waals surface area contributed by atoms with Gasteiger partial charge < -0.3 is 14.0 Å². The van der Waals surface area contributed by atoms with Gasteiger partial charge in [0, 0.05) is 24.5 Å². The summed E-state index contributed by atoms with van der Waals surface area (Å²) in [7, 11) is 3.14. The number of carbonyl (C=O) groups excluding carboxylic acids is 2. The third kappa shape index (κ3) is 4.16. The Morgan fingerprint density at radius 2 is 1.71 bits per heavy atom. The van der Waals surface area contributed by atoms with Crippen LogP contribution >= 0.6 is 0 Å². The summed E-state index contributed by atoms with van der Waals surface area (Å²) in [6.07, 6.45) is 1.29. The van der Waals surface area contributed by atoms with Gasteiger partial charge in [-0.3, -0.25) is 5.32 Å². The highest BCUT2D eigenvalue weighted by Crippen LogP contribution is 2.26. The van der Waals surface area contributed by atoms with Gasteiger partial charge >= 0.3 is 12.1 Å². The molecule has 24 heavy (non-hydrogen) atoms. The van der Waals surface area contributed by atoms with E-state index in [1.807, 2.05) is 18.2 Å². The van der Waals surface area contributed by atoms with Gasteiger partial charge in [0.05, 0.1) is 7.11 Å². The number of aromatic nitrogens is 1. The minimum absolute atomic E-state index is 0.395. The number of methoxy groups -OCH3 is 1. The number of aryl methyl sites for hydroxylation is 1. The lowest BCUT2D eigenvalue weighted by molar-refractivity contribution is 0.0589. The molecule has 0 radical (unpaired) electrons. The lowest BCUT2D eigenvalue weighted by Crippen LogP contribution is -2.27. The first kappa shape index (κ1) is 17.6. The van der Waals surface area contributed by atoms with Crippen LogP contribution in [-0.4, -0.2) is 29.3 Å². The highest BCUT2D eigenvalue weighted by Gasteiger charge is 2.18. The average Bonchev–Trinajstić information content (AvgIpc) is 2.87. The quantitative estimate of drug-likeness (QED) is 0.869. The Bertz CT molecular complexity index is 739. The summed E-state index contributed by atoms with van der Waals surface area (Å²) in [5, 5.41) is 2.67. The molecule has 0 atom stereocenters. The molecule has 0 aliphatic heterocycles. The molecule has 1 amide bonds. The molecule has 1 N–H and O–H groups in total. The first-order chi connectivity index (χ1) is 11.2. The molecule has 6 heteroatoms. The van der Waals surface area contributed by atoms with Crippen LogP contribution in [0.15, 0.2) is 36.5 Å². The van der Waals surface area contributed by atoms with Crippen molar-refractivity contribution in [1.82, 2.24) is 4.57 Å². The third-order valence-corrected chi connectivity index (χ3v) is 3.29. The van der Waals surface area contributed by atoms with Crippen molar-refractivity contribution in [3.05, 3.63) is 42.2 Å². The van der Waals surface area contributed by atoms with Gasteiger partial charge in [-0.25, -0.2) is 9.59 Å². The molecule has 1 heterocycles. The Balaban J connectivity index is 2.19. The Morgan fingerprint density at radius 3 is 2.25 bits per heavy atom. The number of amides is 1. The lowest BCUT2D eigenvalue weighted by Gasteiger charge is -2.19. The highest BCUT2D eigenvalue weighted by molar-refractivity contribution is 5.96. The van der Waals surface area contributed by atoms with Crippen molar-refractivity contribution in [3.63, 3.8) is 0 Å². The molecule has 0 aliphatic carbocycles. The molecule has 128 valence electrons. The maximum Gasteiger partial charge on any atom is 0.412 e. The highest BCUT2D eigenvalue weighted by atomic mass is 16.6. The van der Waals surface area contributed by atoms with E-state index in [4.69, 9.17) is 9.47 Å². The summed E-state index contributed by atoms with van der Waals surface area (Å²) in [5.41, 5.74) is 2.16. The molecule has 2 rings (SSSR count). The zero-order valence-electron chi connectivity index (χ0n) is 14.5. The topological polar surface area (TPSA) is 69.6 Å². The molecule has 2 aromatic rings. The summed E-state index contributed by atoms with van der Waals surface area (Å²) in [4.78, 5) is 23.7. The summed E-state index contributed by atoms with van der Waals surface area (Å²) < 4.78 is 11.8. The molecule has 0 fully saturated rings. The second-order valence-electron chi connectivity index (χ2n) is 6.38. The first-order valence-corrected chi connectivity index (χ1v) is 7.55. The number of nitrogens with one attached hydrogen (secondary N) is 1. The van der Waals surface area contributed by atoms with E-state index in [-0.39, 0.29) is 0 Å². The zero-order chi connectivity index (χ0) is 17.9. The Kier molecular flexibility index (Phi) is 4.97. The summed E-state index contributed by atoms with van der Waals surface area (Å²) in [6, 6.07) is 9.02. The van der Waals surface area contributed by atoms with Crippen molar-refractivity contribution < 1.29 is 19.1 Å². The molecule has 0 saturated heterocycles. The van der Waals surface area contributed by atoms with E-state index in [1.165, 1.54) is 7.11 Å². The van der Waals surface area contributed by atoms with Crippen LogP contribution in [-0.2, 0) is 16.5 Å². The number of carbonyl (C=O) groups is 2. The van der Waals surface area contributed by atoms with Crippen molar-refractivity contribution in [2.75, 3.05) is 12.4 Å². The van der Waals surface area contributed by atoms with Crippen LogP contribution in [0.2, 0.25) is 0 Å². The van der Waals surface area contributed by atoms with Gasteiger partial charge in [-0.05, 0) is 44.5 Å². The minimum Gasteiger partial charge on any atom is -0.464 e. The van der Waals surface area contributed by atoms with Gasteiger partial charge in [-0.2, -0.15) is 0 Å². The van der Waals surface area contributed by atoms with E-state index in [2.05, 4.69) is 5.32 Å². The molecule has 1 aromatic carbocycles. The predicted octanol–water partition coefficient (Wildman–Crippen LogP) is 3.83. The third-order valence-electron chi connectivity index (χ3n) is 3.29. The number of hydrogen-bond donors (Lipinski definition) is 1. The van der Waals surface area contributed by atoms with Crippen LogP contribution in [0.4, 0.5) is 10.5 Å². The Labute approximate surface area is 141 Å². The SMILES string of the molecule is COC(=O)c1c(-c2ccc(NC(=O)OC(C)(C)C)cc2)ccn1C. The zero-order valence-corrected chi connectivity index (χ0v) is 14.5. The smallest absolute Gasteiger partial charge is 0.412 e. The van der Waals surface area contributed by atoms with E-state index in [0.29, 0.717) is 11.4 Å².